The zero-order valence-corrected chi connectivity index (χ0v) is 24.5. The predicted octanol–water partition coefficient (Wildman–Crippen LogP) is 1.98. The van der Waals surface area contributed by atoms with Crippen LogP contribution in [0.25, 0.3) is 0 Å². The van der Waals surface area contributed by atoms with Crippen molar-refractivity contribution >= 4 is 45.6 Å². The van der Waals surface area contributed by atoms with Gasteiger partial charge in [0.2, 0.25) is 5.91 Å². The number of rotatable bonds is 6. The number of hydrogen-bond acceptors (Lipinski definition) is 7. The number of allylic oxidation sites excluding steroid dienone is 1. The minimum atomic E-state index is -4.26. The Bertz CT molecular complexity index is 1310. The summed E-state index contributed by atoms with van der Waals surface area (Å²) in [4.78, 5) is 53.2. The number of nitrogens with one attached hydrogen (secondary N) is 2. The van der Waals surface area contributed by atoms with Gasteiger partial charge < -0.3 is 20.7 Å². The molecule has 2 fully saturated rings. The fraction of sp³-hybridized carbons (Fsp3) is 0.556. The molecule has 2 aliphatic heterocycles. The second-order valence-electron chi connectivity index (χ2n) is 10.8. The minimum Gasteiger partial charge on any atom is -0.436 e. The van der Waals surface area contributed by atoms with Gasteiger partial charge in [0, 0.05) is 31.1 Å². The molecule has 1 aromatic carbocycles. The molecular formula is C27H36ClN5O7S. The van der Waals surface area contributed by atoms with Gasteiger partial charge in [0.1, 0.15) is 11.6 Å². The average Bonchev–Trinajstić information content (AvgIpc) is 3.37. The van der Waals surface area contributed by atoms with Crippen molar-refractivity contribution < 1.29 is 32.3 Å². The fourth-order valence-corrected chi connectivity index (χ4v) is 6.41. The van der Waals surface area contributed by atoms with E-state index in [2.05, 4.69) is 10.0 Å². The summed E-state index contributed by atoms with van der Waals surface area (Å²) in [5.74, 6) is -2.34. The highest BCUT2D eigenvalue weighted by Gasteiger charge is 2.61. The second kappa shape index (κ2) is 12.8. The lowest BCUT2D eigenvalue weighted by atomic mass is 10.1. The quantitative estimate of drug-likeness (QED) is 0.414. The van der Waals surface area contributed by atoms with Crippen LogP contribution in [0.2, 0.25) is 5.02 Å². The van der Waals surface area contributed by atoms with E-state index in [-0.39, 0.29) is 25.9 Å². The smallest absolute Gasteiger partial charge is 0.405 e. The van der Waals surface area contributed by atoms with Crippen LogP contribution in [0.5, 0.6) is 0 Å². The molecule has 14 heteroatoms. The fourth-order valence-electron chi connectivity index (χ4n) is 5.39. The van der Waals surface area contributed by atoms with Gasteiger partial charge in [0.05, 0.1) is 0 Å². The SMILES string of the molecule is CN(Cc1ccc(Cl)cc1)S(=O)(=O)NC(=O)C12CC1/C=C\CCCCCC(OC(N)=O)C(=O)N1CCCC1C(=O)N2. The summed E-state index contributed by atoms with van der Waals surface area (Å²) >= 11 is 5.91. The van der Waals surface area contributed by atoms with Crippen molar-refractivity contribution in [3.63, 3.8) is 0 Å². The molecule has 4 unspecified atom stereocenters. The normalized spacial score (nSPS) is 28.0. The molecule has 1 aromatic rings. The molecule has 41 heavy (non-hydrogen) atoms. The Morgan fingerprint density at radius 1 is 1.17 bits per heavy atom. The zero-order chi connectivity index (χ0) is 29.8. The lowest BCUT2D eigenvalue weighted by Gasteiger charge is -2.29. The molecule has 3 aliphatic rings. The molecule has 1 saturated heterocycles. The summed E-state index contributed by atoms with van der Waals surface area (Å²) < 4.78 is 34.4. The maximum absolute atomic E-state index is 13.5. The van der Waals surface area contributed by atoms with Crippen LogP contribution < -0.4 is 15.8 Å². The lowest BCUT2D eigenvalue weighted by molar-refractivity contribution is -0.146. The summed E-state index contributed by atoms with van der Waals surface area (Å²) in [6, 6.07) is 5.75. The number of halogens is 1. The number of amides is 4. The first-order valence-corrected chi connectivity index (χ1v) is 15.5. The molecule has 0 bridgehead atoms. The molecule has 4 atom stereocenters. The standard InChI is InChI=1S/C27H36ClN5O7S/c1-32(17-18-11-13-20(28)14-12-18)41(38,39)31-25(36)27-16-19(27)8-5-3-2-4-6-10-22(40-26(29)37)24(35)33-15-7-9-21(33)23(34)30-27/h5,8,11-14,19,21-22H,2-4,6-7,9-10,15-17H2,1H3,(H2,29,37)(H,30,34)(H,31,36)/b8-5-. The van der Waals surface area contributed by atoms with Gasteiger partial charge in [-0.1, -0.05) is 42.3 Å². The van der Waals surface area contributed by atoms with Crippen LogP contribution in [0.1, 0.15) is 56.9 Å². The van der Waals surface area contributed by atoms with E-state index in [1.54, 1.807) is 24.3 Å². The molecule has 224 valence electrons. The third kappa shape index (κ3) is 7.38. The van der Waals surface area contributed by atoms with Crippen molar-refractivity contribution in [2.45, 2.75) is 75.6 Å². The van der Waals surface area contributed by atoms with E-state index < -0.39 is 57.6 Å². The number of primary amides is 1. The number of nitrogens with zero attached hydrogens (tertiary/aromatic N) is 2. The zero-order valence-electron chi connectivity index (χ0n) is 22.9. The van der Waals surface area contributed by atoms with E-state index in [1.807, 2.05) is 12.2 Å². The largest absolute Gasteiger partial charge is 0.436 e. The van der Waals surface area contributed by atoms with Crippen LogP contribution in [0, 0.1) is 5.92 Å². The summed E-state index contributed by atoms with van der Waals surface area (Å²) in [6.07, 6.45) is 5.84. The topological polar surface area (TPSA) is 168 Å². The van der Waals surface area contributed by atoms with Crippen LogP contribution in [0.3, 0.4) is 0 Å². The number of benzene rings is 1. The molecule has 4 amide bonds. The number of fused-ring (bicyclic) bond motifs is 2. The Labute approximate surface area is 244 Å². The molecule has 0 radical (unpaired) electrons. The predicted molar refractivity (Wildman–Crippen MR) is 150 cm³/mol. The monoisotopic (exact) mass is 609 g/mol. The third-order valence-electron chi connectivity index (χ3n) is 7.79. The highest BCUT2D eigenvalue weighted by molar-refractivity contribution is 7.87. The third-order valence-corrected chi connectivity index (χ3v) is 9.44. The number of ether oxygens (including phenoxy) is 1. The van der Waals surface area contributed by atoms with Gasteiger partial charge in [-0.05, 0) is 62.6 Å². The van der Waals surface area contributed by atoms with Crippen molar-refractivity contribution in [3.8, 4) is 0 Å². The van der Waals surface area contributed by atoms with Gasteiger partial charge in [0.15, 0.2) is 6.10 Å². The van der Waals surface area contributed by atoms with E-state index in [1.165, 1.54) is 11.9 Å². The van der Waals surface area contributed by atoms with E-state index in [9.17, 15) is 27.6 Å². The van der Waals surface area contributed by atoms with Gasteiger partial charge in [-0.2, -0.15) is 12.7 Å². The van der Waals surface area contributed by atoms with Gasteiger partial charge in [0.25, 0.3) is 11.8 Å². The number of nitrogens with two attached hydrogens (primary N) is 1. The average molecular weight is 610 g/mol. The summed E-state index contributed by atoms with van der Waals surface area (Å²) in [5.41, 5.74) is 4.39. The van der Waals surface area contributed by atoms with Gasteiger partial charge >= 0.3 is 16.3 Å². The Kier molecular flexibility index (Phi) is 9.60. The summed E-state index contributed by atoms with van der Waals surface area (Å²) in [6.45, 7) is 0.276. The second-order valence-corrected chi connectivity index (χ2v) is 13.0. The Morgan fingerprint density at radius 3 is 2.61 bits per heavy atom. The molecule has 0 spiro atoms. The Morgan fingerprint density at radius 2 is 1.90 bits per heavy atom. The van der Waals surface area contributed by atoms with E-state index >= 15 is 0 Å². The molecule has 4 rings (SSSR count). The van der Waals surface area contributed by atoms with E-state index in [0.29, 0.717) is 36.3 Å². The minimum absolute atomic E-state index is 0.00381. The molecule has 1 aliphatic carbocycles. The summed E-state index contributed by atoms with van der Waals surface area (Å²) in [5, 5.41) is 3.29. The summed E-state index contributed by atoms with van der Waals surface area (Å²) in [7, 11) is -2.92. The number of carbonyl (C=O) groups is 4. The van der Waals surface area contributed by atoms with Gasteiger partial charge in [-0.15, -0.1) is 0 Å². The van der Waals surface area contributed by atoms with Crippen molar-refractivity contribution in [2.24, 2.45) is 11.7 Å². The van der Waals surface area contributed by atoms with Crippen molar-refractivity contribution in [1.29, 1.82) is 0 Å². The first-order chi connectivity index (χ1) is 19.4. The van der Waals surface area contributed by atoms with Crippen LogP contribution in [-0.4, -0.2) is 72.7 Å². The van der Waals surface area contributed by atoms with Crippen LogP contribution >= 0.6 is 11.6 Å². The van der Waals surface area contributed by atoms with E-state index in [4.69, 9.17) is 22.1 Å². The number of carbonyl (C=O) groups excluding carboxylic acids is 4. The van der Waals surface area contributed by atoms with Crippen LogP contribution in [0.15, 0.2) is 36.4 Å². The maximum Gasteiger partial charge on any atom is 0.405 e. The van der Waals surface area contributed by atoms with Gasteiger partial charge in [-0.3, -0.25) is 14.4 Å². The van der Waals surface area contributed by atoms with Crippen molar-refractivity contribution in [1.82, 2.24) is 19.2 Å². The Balaban J connectivity index is 1.53. The molecule has 2 heterocycles. The van der Waals surface area contributed by atoms with Crippen LogP contribution in [-0.2, 0) is 35.9 Å². The van der Waals surface area contributed by atoms with E-state index in [0.717, 1.165) is 17.1 Å². The first kappa shape index (κ1) is 30.8. The lowest BCUT2D eigenvalue weighted by Crippen LogP contribution is -2.58. The molecule has 0 aromatic heterocycles. The van der Waals surface area contributed by atoms with Crippen LogP contribution in [0.4, 0.5) is 4.79 Å². The maximum atomic E-state index is 13.5. The Hall–Kier alpha value is -3.16. The van der Waals surface area contributed by atoms with Gasteiger partial charge in [-0.25, -0.2) is 9.52 Å². The first-order valence-electron chi connectivity index (χ1n) is 13.7. The van der Waals surface area contributed by atoms with Crippen molar-refractivity contribution in [2.75, 3.05) is 13.6 Å². The highest BCUT2D eigenvalue weighted by Crippen LogP contribution is 2.45. The molecule has 1 saturated carbocycles. The van der Waals surface area contributed by atoms with Crippen molar-refractivity contribution in [3.05, 3.63) is 47.0 Å². The molecule has 4 N–H and O–H groups in total. The molecule has 12 nitrogen and oxygen atoms in total. The highest BCUT2D eigenvalue weighted by atomic mass is 35.5. The number of hydrogen-bond donors (Lipinski definition) is 3. The molecular weight excluding hydrogens is 574 g/mol.